The maximum atomic E-state index is 12.9. The Morgan fingerprint density at radius 2 is 2.12 bits per heavy atom. The third-order valence-corrected chi connectivity index (χ3v) is 6.27. The third kappa shape index (κ3) is 3.78. The van der Waals surface area contributed by atoms with Crippen LogP contribution in [0.3, 0.4) is 0 Å². The Morgan fingerprint density at radius 3 is 2.81 bits per heavy atom. The number of carbonyl (C=O) groups is 2. The second-order valence-electron chi connectivity index (χ2n) is 8.65. The molecule has 1 aromatic heterocycles. The lowest BCUT2D eigenvalue weighted by Gasteiger charge is -2.38. The van der Waals surface area contributed by atoms with Crippen LogP contribution >= 0.6 is 0 Å². The molecule has 1 aliphatic carbocycles. The van der Waals surface area contributed by atoms with Gasteiger partial charge in [-0.1, -0.05) is 6.07 Å². The van der Waals surface area contributed by atoms with E-state index in [0.717, 1.165) is 24.1 Å². The lowest BCUT2D eigenvalue weighted by molar-refractivity contribution is -0.131. The number of carbonyl (C=O) groups excluding carboxylic acids is 2. The number of benzene rings is 1. The van der Waals surface area contributed by atoms with Crippen LogP contribution in [-0.2, 0) is 9.59 Å². The summed E-state index contributed by atoms with van der Waals surface area (Å²) in [7, 11) is 3.31. The summed E-state index contributed by atoms with van der Waals surface area (Å²) in [5.41, 5.74) is 4.66. The summed E-state index contributed by atoms with van der Waals surface area (Å²) in [5, 5.41) is 18.6. The van der Waals surface area contributed by atoms with Crippen LogP contribution in [0.15, 0.2) is 18.2 Å². The zero-order chi connectivity index (χ0) is 22.4. The Balaban J connectivity index is 1.43. The van der Waals surface area contributed by atoms with Crippen LogP contribution in [0.2, 0.25) is 0 Å². The number of piperidine rings is 1. The van der Waals surface area contributed by atoms with Crippen molar-refractivity contribution in [3.8, 4) is 17.1 Å². The van der Waals surface area contributed by atoms with E-state index in [1.807, 2.05) is 25.1 Å². The summed E-state index contributed by atoms with van der Waals surface area (Å²) in [6.07, 6.45) is 1.90. The van der Waals surface area contributed by atoms with Crippen molar-refractivity contribution >= 4 is 17.5 Å². The zero-order valence-electron chi connectivity index (χ0n) is 18.3. The number of anilines is 1. The van der Waals surface area contributed by atoms with Crippen LogP contribution in [0.25, 0.3) is 11.4 Å². The summed E-state index contributed by atoms with van der Waals surface area (Å²) < 4.78 is 5.72. The number of hydrazine groups is 1. The first-order valence-electron chi connectivity index (χ1n) is 10.9. The molecule has 11 nitrogen and oxygen atoms in total. The van der Waals surface area contributed by atoms with E-state index in [1.165, 1.54) is 5.01 Å². The van der Waals surface area contributed by atoms with Gasteiger partial charge in [-0.2, -0.15) is 5.10 Å². The Kier molecular flexibility index (Phi) is 5.22. The van der Waals surface area contributed by atoms with E-state index < -0.39 is 0 Å². The van der Waals surface area contributed by atoms with Crippen LogP contribution in [0, 0.1) is 18.8 Å². The van der Waals surface area contributed by atoms with Gasteiger partial charge in [0.1, 0.15) is 5.82 Å². The third-order valence-electron chi connectivity index (χ3n) is 6.27. The molecule has 5 N–H and O–H groups in total. The van der Waals surface area contributed by atoms with Gasteiger partial charge >= 0.3 is 0 Å². The maximum Gasteiger partial charge on any atom is 0.244 e. The fourth-order valence-corrected chi connectivity index (χ4v) is 4.54. The number of H-pyrrole nitrogens is 1. The fourth-order valence-electron chi connectivity index (χ4n) is 4.54. The predicted octanol–water partition coefficient (Wildman–Crippen LogP) is 0.334. The number of hydrogen-bond acceptors (Lipinski definition) is 8. The number of aryl methyl sites for hydroxylation is 1. The summed E-state index contributed by atoms with van der Waals surface area (Å²) in [5.74, 6) is 1.69. The molecule has 4 atom stereocenters. The minimum absolute atomic E-state index is 0.00770. The molecule has 0 spiro atoms. The highest BCUT2D eigenvalue weighted by Crippen LogP contribution is 2.37. The summed E-state index contributed by atoms with van der Waals surface area (Å²) in [4.78, 5) is 29.6. The highest BCUT2D eigenvalue weighted by atomic mass is 16.5. The van der Waals surface area contributed by atoms with Gasteiger partial charge in [-0.05, 0) is 31.9 Å². The molecule has 5 rings (SSSR count). The zero-order valence-corrected chi connectivity index (χ0v) is 18.3. The van der Waals surface area contributed by atoms with Crippen LogP contribution in [0.4, 0.5) is 5.69 Å². The number of fused-ring (bicyclic) bond motifs is 1. The average Bonchev–Trinajstić information content (AvgIpc) is 3.47. The molecule has 4 unspecified atom stereocenters. The van der Waals surface area contributed by atoms with Crippen molar-refractivity contribution in [3.05, 3.63) is 24.0 Å². The molecule has 11 heteroatoms. The predicted molar refractivity (Wildman–Crippen MR) is 116 cm³/mol. The molecular weight excluding hydrogens is 412 g/mol. The Labute approximate surface area is 185 Å². The first-order chi connectivity index (χ1) is 15.4. The second kappa shape index (κ2) is 8.06. The molecule has 3 fully saturated rings. The molecule has 0 radical (unpaired) electrons. The van der Waals surface area contributed by atoms with Crippen LogP contribution in [0.1, 0.15) is 25.1 Å². The van der Waals surface area contributed by atoms with Gasteiger partial charge < -0.3 is 15.4 Å². The van der Waals surface area contributed by atoms with Gasteiger partial charge in [-0.15, -0.1) is 0 Å². The monoisotopic (exact) mass is 440 g/mol. The number of para-hydroxylation sites is 1. The molecule has 3 heterocycles. The highest BCUT2D eigenvalue weighted by Gasteiger charge is 2.49. The number of aromatic amines is 1. The largest absolute Gasteiger partial charge is 0.494 e. The number of methoxy groups -OCH3 is 1. The molecule has 32 heavy (non-hydrogen) atoms. The molecular formula is C21H28N8O3. The van der Waals surface area contributed by atoms with E-state index in [4.69, 9.17) is 4.74 Å². The van der Waals surface area contributed by atoms with Crippen molar-refractivity contribution < 1.29 is 14.3 Å². The maximum absolute atomic E-state index is 12.9. The molecule has 2 amide bonds. The minimum Gasteiger partial charge on any atom is -0.494 e. The minimum atomic E-state index is -0.340. The second-order valence-corrected chi connectivity index (χ2v) is 8.65. The van der Waals surface area contributed by atoms with Gasteiger partial charge in [0.15, 0.2) is 11.6 Å². The van der Waals surface area contributed by atoms with E-state index >= 15 is 0 Å². The number of ether oxygens (including phenoxy) is 1. The van der Waals surface area contributed by atoms with Crippen molar-refractivity contribution in [2.24, 2.45) is 11.8 Å². The number of rotatable bonds is 6. The van der Waals surface area contributed by atoms with Crippen LogP contribution < -0.4 is 26.1 Å². The number of nitrogens with zero attached hydrogens (tertiary/aromatic N) is 3. The number of nitrogens with one attached hydrogen (secondary N) is 5. The van der Waals surface area contributed by atoms with Gasteiger partial charge in [0, 0.05) is 25.4 Å². The molecule has 1 saturated carbocycles. The lowest BCUT2D eigenvalue weighted by Crippen LogP contribution is -2.63. The van der Waals surface area contributed by atoms with Gasteiger partial charge in [-0.25, -0.2) is 10.4 Å². The molecule has 2 saturated heterocycles. The Morgan fingerprint density at radius 1 is 1.31 bits per heavy atom. The van der Waals surface area contributed by atoms with Crippen LogP contribution in [-0.4, -0.2) is 64.5 Å². The van der Waals surface area contributed by atoms with Gasteiger partial charge in [0.2, 0.25) is 11.8 Å². The SMILES string of the molecule is COc1c(NC2CC(NC(=O)C3CC3)NC3NN(C)C(=O)C23)cccc1-c1n[nH]c(C)n1. The molecule has 0 bridgehead atoms. The highest BCUT2D eigenvalue weighted by molar-refractivity contribution is 5.84. The smallest absolute Gasteiger partial charge is 0.244 e. The van der Waals surface area contributed by atoms with E-state index in [2.05, 4.69) is 36.6 Å². The topological polar surface area (TPSA) is 136 Å². The lowest BCUT2D eigenvalue weighted by atomic mass is 9.88. The average molecular weight is 441 g/mol. The van der Waals surface area contributed by atoms with Crippen molar-refractivity contribution in [1.29, 1.82) is 0 Å². The van der Waals surface area contributed by atoms with Crippen LogP contribution in [0.5, 0.6) is 5.75 Å². The van der Waals surface area contributed by atoms with E-state index in [-0.39, 0.29) is 42.0 Å². The Bertz CT molecular complexity index is 1040. The molecule has 2 aliphatic heterocycles. The number of amides is 2. The van der Waals surface area contributed by atoms with Gasteiger partial charge in [0.25, 0.3) is 0 Å². The van der Waals surface area contributed by atoms with Crippen molar-refractivity contribution in [2.45, 2.75) is 44.6 Å². The molecule has 170 valence electrons. The summed E-state index contributed by atoms with van der Waals surface area (Å²) in [6.45, 7) is 1.84. The first-order valence-corrected chi connectivity index (χ1v) is 10.9. The van der Waals surface area contributed by atoms with Crippen molar-refractivity contribution in [2.75, 3.05) is 19.5 Å². The quantitative estimate of drug-likeness (QED) is 0.434. The Hall–Kier alpha value is -3.18. The number of hydrogen-bond donors (Lipinski definition) is 5. The fraction of sp³-hybridized carbons (Fsp3) is 0.524. The van der Waals surface area contributed by atoms with Crippen molar-refractivity contribution in [3.63, 3.8) is 0 Å². The molecule has 2 aromatic rings. The van der Waals surface area contributed by atoms with E-state index in [9.17, 15) is 9.59 Å². The van der Waals surface area contributed by atoms with E-state index in [1.54, 1.807) is 14.2 Å². The standard InChI is InChI=1S/C21H28N8O3/c1-10-22-18(27-26-10)12-5-4-6-13(17(12)32-3)23-14-9-15(25-20(30)11-7-8-11)24-19-16(14)21(31)29(2)28-19/h4-6,11,14-16,19,23-24,28H,7-9H2,1-3H3,(H,25,30)(H,22,26,27). The molecule has 3 aliphatic rings. The first kappa shape index (κ1) is 20.7. The molecule has 1 aromatic carbocycles. The normalized spacial score (nSPS) is 27.2. The van der Waals surface area contributed by atoms with Gasteiger partial charge in [-0.3, -0.25) is 25.0 Å². The summed E-state index contributed by atoms with van der Waals surface area (Å²) >= 11 is 0. The van der Waals surface area contributed by atoms with E-state index in [0.29, 0.717) is 23.8 Å². The van der Waals surface area contributed by atoms with Crippen molar-refractivity contribution in [1.82, 2.24) is 36.2 Å². The summed E-state index contributed by atoms with van der Waals surface area (Å²) in [6, 6.07) is 5.48. The number of aromatic nitrogens is 3. The van der Waals surface area contributed by atoms with Gasteiger partial charge in [0.05, 0.1) is 36.6 Å².